The van der Waals surface area contributed by atoms with Gasteiger partial charge in [0.1, 0.15) is 5.75 Å². The monoisotopic (exact) mass is 263 g/mol. The van der Waals surface area contributed by atoms with Crippen molar-refractivity contribution in [3.05, 3.63) is 29.8 Å². The molecule has 1 atom stereocenters. The van der Waals surface area contributed by atoms with Gasteiger partial charge in [-0.15, -0.1) is 0 Å². The summed E-state index contributed by atoms with van der Waals surface area (Å²) in [7, 11) is 1.68. The second-order valence-corrected chi connectivity index (χ2v) is 5.11. The molecule has 3 N–H and O–H groups in total. The van der Waals surface area contributed by atoms with Gasteiger partial charge in [-0.05, 0) is 37.1 Å². The van der Waals surface area contributed by atoms with Crippen LogP contribution in [-0.2, 0) is 0 Å². The number of nitrogens with zero attached hydrogens (tertiary/aromatic N) is 1. The summed E-state index contributed by atoms with van der Waals surface area (Å²) in [5, 5.41) is 3.37. The third kappa shape index (κ3) is 4.49. The maximum absolute atomic E-state index is 6.23. The van der Waals surface area contributed by atoms with Crippen molar-refractivity contribution in [2.24, 2.45) is 5.73 Å². The number of methoxy groups -OCH3 is 1. The lowest BCUT2D eigenvalue weighted by Gasteiger charge is -2.27. The zero-order chi connectivity index (χ0) is 13.5. The molecule has 2 rings (SSSR count). The topological polar surface area (TPSA) is 50.5 Å². The highest BCUT2D eigenvalue weighted by Crippen LogP contribution is 2.19. The Bertz CT molecular complexity index is 360. The molecule has 106 valence electrons. The fourth-order valence-electron chi connectivity index (χ4n) is 2.49. The molecule has 0 aliphatic carbocycles. The Morgan fingerprint density at radius 1 is 1.26 bits per heavy atom. The van der Waals surface area contributed by atoms with Crippen LogP contribution in [0.25, 0.3) is 0 Å². The predicted molar refractivity (Wildman–Crippen MR) is 78.5 cm³/mol. The molecule has 1 aromatic rings. The summed E-state index contributed by atoms with van der Waals surface area (Å²) < 4.78 is 5.16. The fourth-order valence-corrected chi connectivity index (χ4v) is 2.49. The van der Waals surface area contributed by atoms with Crippen molar-refractivity contribution in [2.45, 2.75) is 18.9 Å². The first-order valence-corrected chi connectivity index (χ1v) is 7.12. The number of piperazine rings is 1. The van der Waals surface area contributed by atoms with Gasteiger partial charge in [0.05, 0.1) is 7.11 Å². The second kappa shape index (κ2) is 7.48. The predicted octanol–water partition coefficient (Wildman–Crippen LogP) is 1.38. The summed E-state index contributed by atoms with van der Waals surface area (Å²) in [5.74, 6) is 0.886. The van der Waals surface area contributed by atoms with Crippen LogP contribution >= 0.6 is 0 Å². The molecule has 19 heavy (non-hydrogen) atoms. The minimum atomic E-state index is 0.133. The Balaban J connectivity index is 1.72. The number of nitrogens with two attached hydrogens (primary N) is 1. The van der Waals surface area contributed by atoms with E-state index in [2.05, 4.69) is 22.3 Å². The first kappa shape index (κ1) is 14.3. The second-order valence-electron chi connectivity index (χ2n) is 5.11. The molecule has 1 aromatic carbocycles. The standard InChI is InChI=1S/C15H25N3O/c1-19-14-6-4-13(5-7-14)15(16)3-2-10-18-11-8-17-9-12-18/h4-7,15,17H,2-3,8-12,16H2,1H3. The van der Waals surface area contributed by atoms with Crippen LogP contribution in [0.15, 0.2) is 24.3 Å². The number of ether oxygens (including phenoxy) is 1. The van der Waals surface area contributed by atoms with Gasteiger partial charge in [-0.3, -0.25) is 0 Å². The lowest BCUT2D eigenvalue weighted by Crippen LogP contribution is -2.43. The van der Waals surface area contributed by atoms with Gasteiger partial charge in [0.15, 0.2) is 0 Å². The van der Waals surface area contributed by atoms with Crippen molar-refractivity contribution in [1.29, 1.82) is 0 Å². The van der Waals surface area contributed by atoms with Crippen LogP contribution in [0, 0.1) is 0 Å². The van der Waals surface area contributed by atoms with E-state index in [1.54, 1.807) is 7.11 Å². The first-order valence-electron chi connectivity index (χ1n) is 7.12. The average molecular weight is 263 g/mol. The Hall–Kier alpha value is -1.10. The molecule has 0 aromatic heterocycles. The summed E-state index contributed by atoms with van der Waals surface area (Å²) in [4.78, 5) is 2.51. The van der Waals surface area contributed by atoms with Gasteiger partial charge < -0.3 is 20.7 Å². The van der Waals surface area contributed by atoms with Crippen molar-refractivity contribution < 1.29 is 4.74 Å². The van der Waals surface area contributed by atoms with Gasteiger partial charge >= 0.3 is 0 Å². The van der Waals surface area contributed by atoms with Gasteiger partial charge in [0, 0.05) is 32.2 Å². The number of rotatable bonds is 6. The van der Waals surface area contributed by atoms with Crippen LogP contribution in [0.3, 0.4) is 0 Å². The highest BCUT2D eigenvalue weighted by molar-refractivity contribution is 5.28. The van der Waals surface area contributed by atoms with Gasteiger partial charge in [-0.2, -0.15) is 0 Å². The van der Waals surface area contributed by atoms with Gasteiger partial charge in [-0.25, -0.2) is 0 Å². The van der Waals surface area contributed by atoms with Crippen LogP contribution in [0.1, 0.15) is 24.4 Å². The van der Waals surface area contributed by atoms with Crippen molar-refractivity contribution in [2.75, 3.05) is 39.8 Å². The molecule has 0 radical (unpaired) electrons. The molecule has 1 fully saturated rings. The van der Waals surface area contributed by atoms with E-state index < -0.39 is 0 Å². The van der Waals surface area contributed by atoms with Gasteiger partial charge in [0.25, 0.3) is 0 Å². The molecule has 1 heterocycles. The van der Waals surface area contributed by atoms with Crippen molar-refractivity contribution in [1.82, 2.24) is 10.2 Å². The summed E-state index contributed by atoms with van der Waals surface area (Å²) in [6.07, 6.45) is 2.20. The molecular formula is C15H25N3O. The van der Waals surface area contributed by atoms with Crippen LogP contribution in [0.2, 0.25) is 0 Å². The van der Waals surface area contributed by atoms with Crippen LogP contribution in [0.4, 0.5) is 0 Å². The lowest BCUT2D eigenvalue weighted by molar-refractivity contribution is 0.235. The molecule has 0 bridgehead atoms. The molecule has 0 spiro atoms. The number of hydrogen-bond donors (Lipinski definition) is 2. The highest BCUT2D eigenvalue weighted by Gasteiger charge is 2.10. The molecule has 1 aliphatic rings. The summed E-state index contributed by atoms with van der Waals surface area (Å²) in [6.45, 7) is 5.72. The number of nitrogens with one attached hydrogen (secondary N) is 1. The van der Waals surface area contributed by atoms with E-state index in [4.69, 9.17) is 10.5 Å². The van der Waals surface area contributed by atoms with Crippen LogP contribution in [0.5, 0.6) is 5.75 Å². The van der Waals surface area contributed by atoms with Crippen molar-refractivity contribution >= 4 is 0 Å². The van der Waals surface area contributed by atoms with Crippen molar-refractivity contribution in [3.63, 3.8) is 0 Å². The lowest BCUT2D eigenvalue weighted by atomic mass is 10.0. The molecular weight excluding hydrogens is 238 g/mol. The quantitative estimate of drug-likeness (QED) is 0.814. The van der Waals surface area contributed by atoms with E-state index in [-0.39, 0.29) is 6.04 Å². The normalized spacial score (nSPS) is 18.2. The SMILES string of the molecule is COc1ccc(C(N)CCCN2CCNCC2)cc1. The molecule has 4 nitrogen and oxygen atoms in total. The smallest absolute Gasteiger partial charge is 0.118 e. The van der Waals surface area contributed by atoms with E-state index in [9.17, 15) is 0 Å². The van der Waals surface area contributed by atoms with E-state index in [1.807, 2.05) is 12.1 Å². The maximum Gasteiger partial charge on any atom is 0.118 e. The number of hydrogen-bond acceptors (Lipinski definition) is 4. The summed E-state index contributed by atoms with van der Waals surface area (Å²) >= 11 is 0. The Morgan fingerprint density at radius 2 is 1.95 bits per heavy atom. The molecule has 1 saturated heterocycles. The molecule has 0 saturated carbocycles. The van der Waals surface area contributed by atoms with Gasteiger partial charge in [-0.1, -0.05) is 12.1 Å². The summed E-state index contributed by atoms with van der Waals surface area (Å²) in [5.41, 5.74) is 7.43. The number of benzene rings is 1. The highest BCUT2D eigenvalue weighted by atomic mass is 16.5. The molecule has 4 heteroatoms. The van der Waals surface area contributed by atoms with E-state index in [0.29, 0.717) is 0 Å². The fraction of sp³-hybridized carbons (Fsp3) is 0.600. The van der Waals surface area contributed by atoms with Gasteiger partial charge in [0.2, 0.25) is 0 Å². The first-order chi connectivity index (χ1) is 9.29. The zero-order valence-corrected chi connectivity index (χ0v) is 11.8. The Kier molecular flexibility index (Phi) is 5.63. The Morgan fingerprint density at radius 3 is 2.58 bits per heavy atom. The van der Waals surface area contributed by atoms with E-state index in [0.717, 1.165) is 51.3 Å². The molecule has 1 unspecified atom stereocenters. The van der Waals surface area contributed by atoms with E-state index in [1.165, 1.54) is 5.56 Å². The third-order valence-corrected chi connectivity index (χ3v) is 3.74. The third-order valence-electron chi connectivity index (χ3n) is 3.74. The Labute approximate surface area is 115 Å². The zero-order valence-electron chi connectivity index (χ0n) is 11.8. The van der Waals surface area contributed by atoms with Crippen LogP contribution in [-0.4, -0.2) is 44.7 Å². The molecule has 0 amide bonds. The largest absolute Gasteiger partial charge is 0.497 e. The van der Waals surface area contributed by atoms with E-state index >= 15 is 0 Å². The van der Waals surface area contributed by atoms with Crippen molar-refractivity contribution in [3.8, 4) is 5.75 Å². The minimum absolute atomic E-state index is 0.133. The molecule has 1 aliphatic heterocycles. The van der Waals surface area contributed by atoms with Crippen LogP contribution < -0.4 is 15.8 Å². The summed E-state index contributed by atoms with van der Waals surface area (Å²) in [6, 6.07) is 8.22. The average Bonchev–Trinajstić information content (AvgIpc) is 2.48. The maximum atomic E-state index is 6.23. The minimum Gasteiger partial charge on any atom is -0.497 e.